The van der Waals surface area contributed by atoms with Crippen LogP contribution in [-0.2, 0) is 9.53 Å². The Morgan fingerprint density at radius 3 is 2.43 bits per heavy atom. The van der Waals surface area contributed by atoms with Crippen molar-refractivity contribution in [2.75, 3.05) is 32.8 Å². The van der Waals surface area contributed by atoms with Gasteiger partial charge in [-0.05, 0) is 19.3 Å². The van der Waals surface area contributed by atoms with Gasteiger partial charge in [0.05, 0.1) is 19.3 Å². The lowest BCUT2D eigenvalue weighted by Crippen LogP contribution is -2.52. The quantitative estimate of drug-likeness (QED) is 0.779. The number of ether oxygens (including phenoxy) is 1. The third kappa shape index (κ3) is 4.59. The average molecular weight is 300 g/mol. The molecule has 6 heteroatoms. The second kappa shape index (κ2) is 8.22. The minimum atomic E-state index is -0.890. The Morgan fingerprint density at radius 2 is 1.95 bits per heavy atom. The maximum Gasteiger partial charge on any atom is 0.320 e. The number of amides is 2. The van der Waals surface area contributed by atoms with E-state index in [-0.39, 0.29) is 18.7 Å². The maximum absolute atomic E-state index is 12.8. The van der Waals surface area contributed by atoms with Gasteiger partial charge in [-0.2, -0.15) is 0 Å². The van der Waals surface area contributed by atoms with Crippen molar-refractivity contribution in [1.82, 2.24) is 9.80 Å². The molecule has 0 aromatic rings. The average Bonchev–Trinajstić information content (AvgIpc) is 2.90. The topological polar surface area (TPSA) is 70.1 Å². The fourth-order valence-electron chi connectivity index (χ4n) is 2.70. The van der Waals surface area contributed by atoms with Gasteiger partial charge in [0.15, 0.2) is 0 Å². The third-order valence-corrected chi connectivity index (χ3v) is 3.72. The van der Waals surface area contributed by atoms with Crippen LogP contribution in [0, 0.1) is 11.8 Å². The molecule has 2 amide bonds. The molecule has 1 rings (SSSR count). The molecule has 1 aliphatic heterocycles. The van der Waals surface area contributed by atoms with Crippen LogP contribution in [-0.4, -0.2) is 65.8 Å². The molecule has 0 aromatic heterocycles. The van der Waals surface area contributed by atoms with Gasteiger partial charge in [0, 0.05) is 19.6 Å². The normalized spacial score (nSPS) is 21.6. The summed E-state index contributed by atoms with van der Waals surface area (Å²) in [5.74, 6) is -1.14. The Balaban J connectivity index is 2.88. The van der Waals surface area contributed by atoms with Crippen molar-refractivity contribution in [1.29, 1.82) is 0 Å². The summed E-state index contributed by atoms with van der Waals surface area (Å²) in [5, 5.41) is 9.29. The summed E-state index contributed by atoms with van der Waals surface area (Å²) in [6.45, 7) is 10.4. The van der Waals surface area contributed by atoms with Gasteiger partial charge in [-0.3, -0.25) is 4.79 Å². The molecule has 122 valence electrons. The summed E-state index contributed by atoms with van der Waals surface area (Å²) in [5.41, 5.74) is 0. The van der Waals surface area contributed by atoms with E-state index in [0.29, 0.717) is 32.2 Å². The van der Waals surface area contributed by atoms with Crippen molar-refractivity contribution < 1.29 is 19.4 Å². The number of carboxylic acid groups (broad SMARTS) is 1. The van der Waals surface area contributed by atoms with Crippen LogP contribution in [0.25, 0.3) is 0 Å². The molecule has 1 heterocycles. The molecule has 0 aliphatic carbocycles. The molecule has 1 N–H and O–H groups in total. The van der Waals surface area contributed by atoms with Crippen LogP contribution >= 0.6 is 0 Å². The first-order valence-electron chi connectivity index (χ1n) is 7.78. The molecule has 21 heavy (non-hydrogen) atoms. The molecular weight excluding hydrogens is 272 g/mol. The summed E-state index contributed by atoms with van der Waals surface area (Å²) in [6.07, 6.45) is 0.799. The first kappa shape index (κ1) is 17.8. The molecule has 6 nitrogen and oxygen atoms in total. The predicted octanol–water partition coefficient (Wildman–Crippen LogP) is 1.90. The van der Waals surface area contributed by atoms with E-state index in [0.717, 1.165) is 6.42 Å². The molecule has 0 saturated carbocycles. The van der Waals surface area contributed by atoms with Crippen LogP contribution in [0.15, 0.2) is 0 Å². The van der Waals surface area contributed by atoms with Crippen LogP contribution in [0.3, 0.4) is 0 Å². The van der Waals surface area contributed by atoms with Gasteiger partial charge in [-0.25, -0.2) is 4.79 Å². The zero-order valence-corrected chi connectivity index (χ0v) is 13.5. The van der Waals surface area contributed by atoms with Crippen molar-refractivity contribution >= 4 is 12.0 Å². The zero-order chi connectivity index (χ0) is 16.0. The molecule has 1 aliphatic rings. The van der Waals surface area contributed by atoms with E-state index in [1.54, 1.807) is 9.80 Å². The van der Waals surface area contributed by atoms with Gasteiger partial charge in [-0.1, -0.05) is 20.8 Å². The van der Waals surface area contributed by atoms with E-state index in [1.165, 1.54) is 0 Å². The molecule has 0 aromatic carbocycles. The lowest BCUT2D eigenvalue weighted by molar-refractivity contribution is -0.142. The Labute approximate surface area is 127 Å². The molecule has 1 fully saturated rings. The molecular formula is C15H28N2O4. The van der Waals surface area contributed by atoms with Crippen LogP contribution < -0.4 is 0 Å². The number of hydrogen-bond donors (Lipinski definition) is 1. The summed E-state index contributed by atoms with van der Waals surface area (Å²) in [4.78, 5) is 27.6. The van der Waals surface area contributed by atoms with Gasteiger partial charge < -0.3 is 19.6 Å². The second-order valence-electron chi connectivity index (χ2n) is 5.96. The summed E-state index contributed by atoms with van der Waals surface area (Å²) >= 11 is 0. The van der Waals surface area contributed by atoms with Gasteiger partial charge in [0.2, 0.25) is 0 Å². The number of rotatable bonds is 7. The number of carbonyl (C=O) groups is 2. The lowest BCUT2D eigenvalue weighted by Gasteiger charge is -2.35. The monoisotopic (exact) mass is 300 g/mol. The van der Waals surface area contributed by atoms with Crippen molar-refractivity contribution in [3.63, 3.8) is 0 Å². The largest absolute Gasteiger partial charge is 0.481 e. The highest BCUT2D eigenvalue weighted by Crippen LogP contribution is 2.22. The highest BCUT2D eigenvalue weighted by molar-refractivity contribution is 5.77. The zero-order valence-electron chi connectivity index (χ0n) is 13.5. The lowest BCUT2D eigenvalue weighted by atomic mass is 10.0. The number of hydrogen-bond acceptors (Lipinski definition) is 3. The van der Waals surface area contributed by atoms with Crippen molar-refractivity contribution in [3.05, 3.63) is 0 Å². The van der Waals surface area contributed by atoms with E-state index in [2.05, 4.69) is 13.8 Å². The van der Waals surface area contributed by atoms with E-state index in [9.17, 15) is 14.7 Å². The van der Waals surface area contributed by atoms with Crippen LogP contribution in [0.5, 0.6) is 0 Å². The number of urea groups is 1. The molecule has 1 saturated heterocycles. The van der Waals surface area contributed by atoms with Gasteiger partial charge >= 0.3 is 12.0 Å². The van der Waals surface area contributed by atoms with Crippen molar-refractivity contribution in [2.24, 2.45) is 11.8 Å². The maximum atomic E-state index is 12.8. The first-order chi connectivity index (χ1) is 9.92. The number of nitrogens with zero attached hydrogens (tertiary/aromatic N) is 2. The summed E-state index contributed by atoms with van der Waals surface area (Å²) in [6, 6.07) is -0.439. The van der Waals surface area contributed by atoms with Gasteiger partial charge in [0.1, 0.15) is 5.92 Å². The molecule has 2 unspecified atom stereocenters. The van der Waals surface area contributed by atoms with Gasteiger partial charge in [-0.15, -0.1) is 0 Å². The van der Waals surface area contributed by atoms with E-state index < -0.39 is 11.9 Å². The van der Waals surface area contributed by atoms with Crippen molar-refractivity contribution in [3.8, 4) is 0 Å². The smallest absolute Gasteiger partial charge is 0.320 e. The predicted molar refractivity (Wildman–Crippen MR) is 80.2 cm³/mol. The van der Waals surface area contributed by atoms with Crippen LogP contribution in [0.2, 0.25) is 0 Å². The van der Waals surface area contributed by atoms with E-state index >= 15 is 0 Å². The van der Waals surface area contributed by atoms with E-state index in [4.69, 9.17) is 4.74 Å². The van der Waals surface area contributed by atoms with E-state index in [1.807, 2.05) is 13.8 Å². The van der Waals surface area contributed by atoms with Gasteiger partial charge in [0.25, 0.3) is 0 Å². The van der Waals surface area contributed by atoms with Crippen molar-refractivity contribution in [2.45, 2.75) is 40.2 Å². The Bertz CT molecular complexity index is 360. The highest BCUT2D eigenvalue weighted by Gasteiger charge is 2.40. The molecule has 0 radical (unpaired) electrons. The number of aliphatic carboxylic acids is 1. The Kier molecular flexibility index (Phi) is 6.95. The third-order valence-electron chi connectivity index (χ3n) is 3.72. The summed E-state index contributed by atoms with van der Waals surface area (Å²) < 4.78 is 5.31. The van der Waals surface area contributed by atoms with Crippen LogP contribution in [0.4, 0.5) is 4.79 Å². The summed E-state index contributed by atoms with van der Waals surface area (Å²) in [7, 11) is 0. The highest BCUT2D eigenvalue weighted by atomic mass is 16.5. The Morgan fingerprint density at radius 1 is 1.29 bits per heavy atom. The number of carbonyl (C=O) groups excluding carboxylic acids is 1. The minimum absolute atomic E-state index is 0.0743. The Hall–Kier alpha value is -1.30. The molecule has 0 bridgehead atoms. The number of carboxylic acids is 1. The van der Waals surface area contributed by atoms with Crippen LogP contribution in [0.1, 0.15) is 34.1 Å². The first-order valence-corrected chi connectivity index (χ1v) is 7.78. The minimum Gasteiger partial charge on any atom is -0.481 e. The fraction of sp³-hybridized carbons (Fsp3) is 0.867. The molecule has 0 spiro atoms. The standard InChI is InChI=1S/C15H28N2O4/c1-5-7-17(13-10-21-9-12(13)14(18)19)15(20)16(6-2)8-11(3)4/h11-13H,5-10H2,1-4H3,(H,18,19). The SMILES string of the molecule is CCCN(C(=O)N(CC)CC(C)C)C1COCC1C(=O)O. The fourth-order valence-corrected chi connectivity index (χ4v) is 2.70. The second-order valence-corrected chi connectivity index (χ2v) is 5.96. The molecule has 2 atom stereocenters.